The summed E-state index contributed by atoms with van der Waals surface area (Å²) in [7, 11) is 5.54. The first-order chi connectivity index (χ1) is 34.1. The highest BCUT2D eigenvalue weighted by Crippen LogP contribution is 2.16. The molecule has 0 saturated heterocycles. The van der Waals surface area contributed by atoms with E-state index in [4.69, 9.17) is 14.2 Å². The molecule has 0 bridgehead atoms. The molecule has 0 aromatic rings. The molecule has 0 fully saturated rings. The number of unbranched alkanes of at least 4 members (excludes halogenated alkanes) is 26. The van der Waals surface area contributed by atoms with Gasteiger partial charge >= 0.3 is 17.9 Å². The molecule has 2 atom stereocenters. The monoisotopic (exact) mass is 981 g/mol. The second kappa shape index (κ2) is 52.1. The fourth-order valence-electron chi connectivity index (χ4n) is 8.41. The first-order valence-electron chi connectivity index (χ1n) is 29.0. The molecule has 0 rings (SSSR count). The number of carboxylic acid groups (broad SMARTS) is 1. The molecule has 0 radical (unpaired) electrons. The number of allylic oxidation sites excluding steroid dienone is 12. The van der Waals surface area contributed by atoms with Gasteiger partial charge in [0.1, 0.15) is 6.61 Å². The van der Waals surface area contributed by atoms with E-state index in [0.29, 0.717) is 19.3 Å². The van der Waals surface area contributed by atoms with Crippen molar-refractivity contribution in [1.82, 2.24) is 0 Å². The van der Waals surface area contributed by atoms with Gasteiger partial charge in [-0.15, -0.1) is 0 Å². The molecule has 0 aromatic heterocycles. The van der Waals surface area contributed by atoms with E-state index in [-0.39, 0.29) is 36.2 Å². The Morgan fingerprint density at radius 3 is 1.20 bits per heavy atom. The summed E-state index contributed by atoms with van der Waals surface area (Å²) in [4.78, 5) is 37.3. The number of likely N-dealkylation sites (N-methyl/N-ethyl adjacent to an activating group) is 1. The summed E-state index contributed by atoms with van der Waals surface area (Å²) in [6.07, 6.45) is 68.2. The number of carbonyl (C=O) groups is 3. The van der Waals surface area contributed by atoms with E-state index in [0.717, 1.165) is 77.0 Å². The zero-order valence-electron chi connectivity index (χ0n) is 46.2. The van der Waals surface area contributed by atoms with Crippen molar-refractivity contribution >= 4 is 17.9 Å². The summed E-state index contributed by atoms with van der Waals surface area (Å²) < 4.78 is 17.4. The average Bonchev–Trinajstić information content (AvgIpc) is 3.33. The van der Waals surface area contributed by atoms with Crippen LogP contribution < -0.4 is 0 Å². The quantitative estimate of drug-likeness (QED) is 0.0280. The maximum absolute atomic E-state index is 12.8. The lowest BCUT2D eigenvalue weighted by atomic mass is 10.0. The van der Waals surface area contributed by atoms with Crippen LogP contribution in [0.1, 0.15) is 251 Å². The summed E-state index contributed by atoms with van der Waals surface area (Å²) in [5.41, 5.74) is 0. The van der Waals surface area contributed by atoms with Gasteiger partial charge in [0.05, 0.1) is 34.4 Å². The number of ether oxygens (including phenoxy) is 3. The Morgan fingerprint density at radius 2 is 0.800 bits per heavy atom. The molecular weight excluding hydrogens is 871 g/mol. The van der Waals surface area contributed by atoms with Gasteiger partial charge in [0.2, 0.25) is 0 Å². The van der Waals surface area contributed by atoms with Crippen molar-refractivity contribution in [3.05, 3.63) is 72.9 Å². The van der Waals surface area contributed by atoms with Gasteiger partial charge in [0.15, 0.2) is 12.1 Å². The van der Waals surface area contributed by atoms with Gasteiger partial charge in [-0.1, -0.05) is 222 Å². The Morgan fingerprint density at radius 1 is 0.443 bits per heavy atom. The second-order valence-corrected chi connectivity index (χ2v) is 20.5. The fraction of sp³-hybridized carbons (Fsp3) is 0.758. The lowest BCUT2D eigenvalue weighted by Gasteiger charge is -2.31. The van der Waals surface area contributed by atoms with E-state index < -0.39 is 18.1 Å². The number of hydrogen-bond donors (Lipinski definition) is 1. The van der Waals surface area contributed by atoms with Crippen LogP contribution in [0, 0.1) is 0 Å². The lowest BCUT2D eigenvalue weighted by molar-refractivity contribution is -0.887. The number of carboxylic acids is 1. The molecule has 404 valence electrons. The van der Waals surface area contributed by atoms with Gasteiger partial charge < -0.3 is 23.8 Å². The highest BCUT2D eigenvalue weighted by molar-refractivity contribution is 5.72. The average molecular weight is 982 g/mol. The Balaban J connectivity index is 4.21. The van der Waals surface area contributed by atoms with Crippen LogP contribution in [0.5, 0.6) is 0 Å². The topological polar surface area (TPSA) is 99.1 Å². The standard InChI is InChI=1S/C62H109NO7/c1-6-8-10-12-14-16-18-20-22-24-26-28-30-32-34-36-38-40-42-44-46-48-50-52-60(64)69-57-58(56-68-55-54-59(62(66)67)63(3,4)5)70-61(65)53-51-49-47-45-43-41-39-37-35-33-31-29-27-25-23-21-19-17-15-13-11-9-7-2/h8,10,14,16,20,22,26,28,32-35,58-59H,6-7,9,11-13,15,17-19,21,23-25,27,29-31,36-57H2,1-5H3/p+1/b10-8+,16-14+,22-20+,28-26+,34-32+,35-33+. The number of carbonyl (C=O) groups excluding carboxylic acids is 2. The van der Waals surface area contributed by atoms with Crippen LogP contribution in [0.2, 0.25) is 0 Å². The van der Waals surface area contributed by atoms with Crippen LogP contribution in [0.4, 0.5) is 0 Å². The molecule has 0 aliphatic heterocycles. The Hall–Kier alpha value is -3.23. The largest absolute Gasteiger partial charge is 0.477 e. The van der Waals surface area contributed by atoms with Gasteiger partial charge in [-0.25, -0.2) is 4.79 Å². The van der Waals surface area contributed by atoms with Crippen LogP contribution in [0.15, 0.2) is 72.9 Å². The molecule has 8 nitrogen and oxygen atoms in total. The van der Waals surface area contributed by atoms with E-state index in [1.165, 1.54) is 141 Å². The van der Waals surface area contributed by atoms with Crippen LogP contribution in [-0.2, 0) is 28.6 Å². The summed E-state index contributed by atoms with van der Waals surface area (Å²) >= 11 is 0. The van der Waals surface area contributed by atoms with Crippen molar-refractivity contribution in [3.8, 4) is 0 Å². The minimum atomic E-state index is -0.877. The van der Waals surface area contributed by atoms with E-state index in [2.05, 4.69) is 86.8 Å². The Bertz CT molecular complexity index is 1370. The molecule has 0 spiro atoms. The SMILES string of the molecule is CC/C=C/C/C=C/C/C=C/C/C=C/C/C=C/CCCCCCCCCC(=O)OCC(COCCC(C(=O)O)[N+](C)(C)C)OC(=O)CCCCCCCCC/C=C/CCCCCCCCCCCCCC. The molecular formula is C62H110NO7+. The predicted molar refractivity (Wildman–Crippen MR) is 298 cm³/mol. The third-order valence-electron chi connectivity index (χ3n) is 12.8. The number of rotatable bonds is 52. The first-order valence-corrected chi connectivity index (χ1v) is 29.0. The number of esters is 2. The maximum atomic E-state index is 12.8. The molecule has 1 N–H and O–H groups in total. The lowest BCUT2D eigenvalue weighted by Crippen LogP contribution is -2.50. The molecule has 0 heterocycles. The van der Waals surface area contributed by atoms with Crippen molar-refractivity contribution < 1.29 is 38.2 Å². The Labute approximate surface area is 431 Å². The number of quaternary nitrogens is 1. The minimum absolute atomic E-state index is 0.0537. The molecule has 8 heteroatoms. The van der Waals surface area contributed by atoms with Crippen LogP contribution >= 0.6 is 0 Å². The normalized spacial score (nSPS) is 13.3. The predicted octanol–water partition coefficient (Wildman–Crippen LogP) is 17.4. The smallest absolute Gasteiger partial charge is 0.362 e. The minimum Gasteiger partial charge on any atom is -0.477 e. The van der Waals surface area contributed by atoms with Gasteiger partial charge in [-0.2, -0.15) is 0 Å². The van der Waals surface area contributed by atoms with Crippen molar-refractivity contribution in [2.45, 2.75) is 264 Å². The van der Waals surface area contributed by atoms with Gasteiger partial charge in [-0.3, -0.25) is 9.59 Å². The van der Waals surface area contributed by atoms with Crippen molar-refractivity contribution in [2.24, 2.45) is 0 Å². The molecule has 0 amide bonds. The van der Waals surface area contributed by atoms with Gasteiger partial charge in [-0.05, 0) is 83.5 Å². The zero-order valence-corrected chi connectivity index (χ0v) is 46.2. The summed E-state index contributed by atoms with van der Waals surface area (Å²) in [5.74, 6) is -1.48. The molecule has 70 heavy (non-hydrogen) atoms. The van der Waals surface area contributed by atoms with E-state index in [9.17, 15) is 19.5 Å². The number of nitrogens with zero attached hydrogens (tertiary/aromatic N) is 1. The maximum Gasteiger partial charge on any atom is 0.362 e. The van der Waals surface area contributed by atoms with Gasteiger partial charge in [0, 0.05) is 19.3 Å². The van der Waals surface area contributed by atoms with E-state index >= 15 is 0 Å². The summed E-state index contributed by atoms with van der Waals surface area (Å²) in [5, 5.41) is 9.68. The highest BCUT2D eigenvalue weighted by atomic mass is 16.6. The van der Waals surface area contributed by atoms with E-state index in [1.54, 1.807) is 0 Å². The molecule has 0 aliphatic carbocycles. The highest BCUT2D eigenvalue weighted by Gasteiger charge is 2.31. The van der Waals surface area contributed by atoms with Gasteiger partial charge in [0.25, 0.3) is 0 Å². The van der Waals surface area contributed by atoms with Crippen LogP contribution in [-0.4, -0.2) is 80.6 Å². The Kier molecular flexibility index (Phi) is 49.7. The summed E-state index contributed by atoms with van der Waals surface area (Å²) in [6.45, 7) is 4.64. The molecule has 0 aliphatic rings. The van der Waals surface area contributed by atoms with Crippen LogP contribution in [0.25, 0.3) is 0 Å². The first kappa shape index (κ1) is 66.8. The second-order valence-electron chi connectivity index (χ2n) is 20.5. The third-order valence-corrected chi connectivity index (χ3v) is 12.8. The summed E-state index contributed by atoms with van der Waals surface area (Å²) in [6, 6.07) is -0.621. The number of hydrogen-bond acceptors (Lipinski definition) is 6. The van der Waals surface area contributed by atoms with E-state index in [1.807, 2.05) is 21.1 Å². The van der Waals surface area contributed by atoms with Crippen molar-refractivity contribution in [2.75, 3.05) is 41.0 Å². The zero-order chi connectivity index (χ0) is 51.3. The fourth-order valence-corrected chi connectivity index (χ4v) is 8.41. The van der Waals surface area contributed by atoms with Crippen molar-refractivity contribution in [3.63, 3.8) is 0 Å². The van der Waals surface area contributed by atoms with Crippen LogP contribution in [0.3, 0.4) is 0 Å². The van der Waals surface area contributed by atoms with Crippen molar-refractivity contribution in [1.29, 1.82) is 0 Å². The number of aliphatic carboxylic acids is 1. The molecule has 2 unspecified atom stereocenters. The molecule has 0 aromatic carbocycles. The molecule has 0 saturated carbocycles. The third kappa shape index (κ3) is 49.7.